The molecule has 1 amide bonds. The van der Waals surface area contributed by atoms with Crippen molar-refractivity contribution in [3.8, 4) is 0 Å². The van der Waals surface area contributed by atoms with E-state index in [9.17, 15) is 13.6 Å². The maximum Gasteiger partial charge on any atom is 0.375 e. The first-order chi connectivity index (χ1) is 8.99. The minimum Gasteiger partial charge on any atom is -0.378 e. The van der Waals surface area contributed by atoms with Crippen LogP contribution in [0.5, 0.6) is 0 Å². The molecule has 1 fully saturated rings. The van der Waals surface area contributed by atoms with E-state index in [1.807, 2.05) is 0 Å². The van der Waals surface area contributed by atoms with Crippen molar-refractivity contribution < 1.29 is 18.3 Å². The smallest absolute Gasteiger partial charge is 0.375 e. The molecule has 1 saturated heterocycles. The molecule has 1 aromatic carbocycles. The molecule has 0 N–H and O–H groups in total. The number of morpholine rings is 1. The van der Waals surface area contributed by atoms with E-state index in [2.05, 4.69) is 15.9 Å². The van der Waals surface area contributed by atoms with Crippen LogP contribution in [0.1, 0.15) is 0 Å². The number of hydrogen-bond acceptors (Lipinski definition) is 3. The molecule has 3 nitrogen and oxygen atoms in total. The zero-order chi connectivity index (χ0) is 13.9. The summed E-state index contributed by atoms with van der Waals surface area (Å²) in [4.78, 5) is 13.3. The predicted octanol–water partition coefficient (Wildman–Crippen LogP) is 2.99. The lowest BCUT2D eigenvalue weighted by atomic mass is 10.4. The molecule has 0 aromatic heterocycles. The Labute approximate surface area is 122 Å². The maximum absolute atomic E-state index is 13.9. The van der Waals surface area contributed by atoms with Gasteiger partial charge in [-0.3, -0.25) is 4.79 Å². The number of thioether (sulfide) groups is 1. The summed E-state index contributed by atoms with van der Waals surface area (Å²) in [5.74, 6) is -1.15. The number of carbonyl (C=O) groups excluding carboxylic acids is 1. The van der Waals surface area contributed by atoms with Gasteiger partial charge < -0.3 is 9.64 Å². The van der Waals surface area contributed by atoms with Crippen molar-refractivity contribution in [3.63, 3.8) is 0 Å². The van der Waals surface area contributed by atoms with Gasteiger partial charge in [0.1, 0.15) is 0 Å². The maximum atomic E-state index is 13.9. The van der Waals surface area contributed by atoms with Gasteiger partial charge in [0.05, 0.1) is 13.2 Å². The lowest BCUT2D eigenvalue weighted by Crippen LogP contribution is -2.47. The summed E-state index contributed by atoms with van der Waals surface area (Å²) in [6.07, 6.45) is 0. The largest absolute Gasteiger partial charge is 0.378 e. The Balaban J connectivity index is 2.06. The fourth-order valence-electron chi connectivity index (χ4n) is 1.67. The molecule has 0 bridgehead atoms. The molecule has 1 aliphatic heterocycles. The number of alkyl halides is 2. The molecular weight excluding hydrogens is 340 g/mol. The van der Waals surface area contributed by atoms with Gasteiger partial charge in [-0.2, -0.15) is 8.78 Å². The molecule has 1 heterocycles. The summed E-state index contributed by atoms with van der Waals surface area (Å²) in [5, 5.41) is -3.46. The first-order valence-corrected chi connectivity index (χ1v) is 7.29. The van der Waals surface area contributed by atoms with E-state index >= 15 is 0 Å². The Morgan fingerprint density at radius 3 is 2.68 bits per heavy atom. The summed E-state index contributed by atoms with van der Waals surface area (Å²) in [6.45, 7) is 1.05. The molecule has 0 atom stereocenters. The van der Waals surface area contributed by atoms with Gasteiger partial charge in [0.15, 0.2) is 0 Å². The van der Waals surface area contributed by atoms with Crippen molar-refractivity contribution in [3.05, 3.63) is 28.7 Å². The van der Waals surface area contributed by atoms with Gasteiger partial charge in [0, 0.05) is 22.5 Å². The Bertz CT molecular complexity index is 467. The molecule has 1 aliphatic rings. The highest BCUT2D eigenvalue weighted by Crippen LogP contribution is 2.38. The normalized spacial score (nSPS) is 16.5. The number of hydrogen-bond donors (Lipinski definition) is 0. The lowest BCUT2D eigenvalue weighted by Gasteiger charge is -2.29. The Morgan fingerprint density at radius 2 is 2.05 bits per heavy atom. The first-order valence-electron chi connectivity index (χ1n) is 5.68. The number of carbonyl (C=O) groups is 1. The molecular formula is C12H12BrF2NO2S. The van der Waals surface area contributed by atoms with Gasteiger partial charge in [0.25, 0.3) is 0 Å². The van der Waals surface area contributed by atoms with E-state index in [-0.39, 0.29) is 24.9 Å². The summed E-state index contributed by atoms with van der Waals surface area (Å²) in [5.41, 5.74) is 0. The Morgan fingerprint density at radius 1 is 1.37 bits per heavy atom. The van der Waals surface area contributed by atoms with E-state index in [0.29, 0.717) is 22.6 Å². The first kappa shape index (κ1) is 14.7. The van der Waals surface area contributed by atoms with Gasteiger partial charge in [-0.05, 0) is 30.0 Å². The number of rotatable bonds is 3. The van der Waals surface area contributed by atoms with Crippen LogP contribution in [0.2, 0.25) is 0 Å². The van der Waals surface area contributed by atoms with Gasteiger partial charge in [-0.1, -0.05) is 22.0 Å². The van der Waals surface area contributed by atoms with E-state index in [0.717, 1.165) is 4.90 Å². The van der Waals surface area contributed by atoms with Crippen LogP contribution in [-0.4, -0.2) is 42.4 Å². The van der Waals surface area contributed by atoms with Crippen LogP contribution in [-0.2, 0) is 9.53 Å². The Hall–Kier alpha value is -0.660. The van der Waals surface area contributed by atoms with Crippen molar-refractivity contribution in [2.24, 2.45) is 0 Å². The second-order valence-corrected chi connectivity index (χ2v) is 6.08. The average molecular weight is 352 g/mol. The number of nitrogens with zero attached hydrogens (tertiary/aromatic N) is 1. The molecule has 0 unspecified atom stereocenters. The minimum atomic E-state index is -3.46. The number of halogens is 3. The van der Waals surface area contributed by atoms with Gasteiger partial charge in [-0.15, -0.1) is 0 Å². The summed E-state index contributed by atoms with van der Waals surface area (Å²) in [6, 6.07) is 6.51. The number of amides is 1. The lowest BCUT2D eigenvalue weighted by molar-refractivity contribution is -0.150. The van der Waals surface area contributed by atoms with E-state index in [1.165, 1.54) is 0 Å². The fraction of sp³-hybridized carbons (Fsp3) is 0.417. The van der Waals surface area contributed by atoms with E-state index < -0.39 is 11.2 Å². The molecule has 0 aliphatic carbocycles. The van der Waals surface area contributed by atoms with E-state index in [1.54, 1.807) is 24.3 Å². The van der Waals surface area contributed by atoms with Crippen LogP contribution in [0.4, 0.5) is 8.78 Å². The van der Waals surface area contributed by atoms with Crippen LogP contribution in [0.3, 0.4) is 0 Å². The Kier molecular flexibility index (Phi) is 4.81. The molecule has 1 aromatic rings. The van der Waals surface area contributed by atoms with Crippen LogP contribution in [0.15, 0.2) is 33.6 Å². The monoisotopic (exact) mass is 351 g/mol. The highest BCUT2D eigenvalue weighted by atomic mass is 79.9. The van der Waals surface area contributed by atoms with Crippen molar-refractivity contribution in [1.29, 1.82) is 0 Å². The second-order valence-electron chi connectivity index (χ2n) is 3.98. The van der Waals surface area contributed by atoms with Crippen LogP contribution < -0.4 is 0 Å². The van der Waals surface area contributed by atoms with Gasteiger partial charge >= 0.3 is 11.2 Å². The third-order valence-electron chi connectivity index (χ3n) is 2.59. The topological polar surface area (TPSA) is 29.5 Å². The van der Waals surface area contributed by atoms with Crippen molar-refractivity contribution in [1.82, 2.24) is 4.90 Å². The van der Waals surface area contributed by atoms with E-state index in [4.69, 9.17) is 4.74 Å². The highest BCUT2D eigenvalue weighted by Gasteiger charge is 2.43. The summed E-state index contributed by atoms with van der Waals surface area (Å²) in [7, 11) is 0. The van der Waals surface area contributed by atoms with Crippen molar-refractivity contribution in [2.75, 3.05) is 26.3 Å². The van der Waals surface area contributed by atoms with Crippen molar-refractivity contribution in [2.45, 2.75) is 10.2 Å². The second kappa shape index (κ2) is 6.19. The zero-order valence-electron chi connectivity index (χ0n) is 9.94. The van der Waals surface area contributed by atoms with Gasteiger partial charge in [-0.25, -0.2) is 0 Å². The summed E-state index contributed by atoms with van der Waals surface area (Å²) < 4.78 is 33.6. The molecule has 19 heavy (non-hydrogen) atoms. The van der Waals surface area contributed by atoms with Crippen molar-refractivity contribution >= 4 is 33.6 Å². The fourth-order valence-corrected chi connectivity index (χ4v) is 3.07. The van der Waals surface area contributed by atoms with Crippen LogP contribution in [0, 0.1) is 0 Å². The minimum absolute atomic E-state index is 0.216. The molecule has 7 heteroatoms. The molecule has 104 valence electrons. The zero-order valence-corrected chi connectivity index (χ0v) is 12.3. The molecule has 0 saturated carbocycles. The average Bonchev–Trinajstić information content (AvgIpc) is 2.38. The van der Waals surface area contributed by atoms with Crippen LogP contribution >= 0.6 is 27.7 Å². The third kappa shape index (κ3) is 3.90. The molecule has 0 spiro atoms. The highest BCUT2D eigenvalue weighted by molar-refractivity contribution is 9.10. The predicted molar refractivity (Wildman–Crippen MR) is 72.3 cm³/mol. The summed E-state index contributed by atoms with van der Waals surface area (Å²) >= 11 is 3.48. The van der Waals surface area contributed by atoms with Crippen LogP contribution in [0.25, 0.3) is 0 Å². The van der Waals surface area contributed by atoms with Gasteiger partial charge in [0.2, 0.25) is 0 Å². The standard InChI is InChI=1S/C12H12BrF2NO2S/c13-9-2-1-3-10(8-9)19-12(14,15)11(17)16-4-6-18-7-5-16/h1-3,8H,4-7H2. The quantitative estimate of drug-likeness (QED) is 0.784. The molecule has 2 rings (SSSR count). The number of benzene rings is 1. The SMILES string of the molecule is O=C(N1CCOCC1)C(F)(F)Sc1cccc(Br)c1. The third-order valence-corrected chi connectivity index (χ3v) is 4.00. The molecule has 0 radical (unpaired) electrons. The number of ether oxygens (including phenoxy) is 1.